The van der Waals surface area contributed by atoms with Crippen molar-refractivity contribution in [2.75, 3.05) is 5.73 Å². The van der Waals surface area contributed by atoms with Gasteiger partial charge in [0.1, 0.15) is 11.8 Å². The Bertz CT molecular complexity index is 781. The first-order valence-electron chi connectivity index (χ1n) is 6.05. The summed E-state index contributed by atoms with van der Waals surface area (Å²) in [5, 5.41) is 19.2. The zero-order valence-corrected chi connectivity index (χ0v) is 10.5. The highest BCUT2D eigenvalue weighted by Gasteiger charge is 2.09. The number of hydrogen-bond donors (Lipinski definition) is 2. The minimum atomic E-state index is 0.293. The number of H-pyrrole nitrogens is 1. The second kappa shape index (κ2) is 4.86. The average Bonchev–Trinajstić information content (AvgIpc) is 2.96. The molecule has 5 heteroatoms. The number of nitriles is 1. The molecular formula is C15H11N5. The summed E-state index contributed by atoms with van der Waals surface area (Å²) in [6.07, 6.45) is 0. The maximum Gasteiger partial charge on any atom is 0.190 e. The summed E-state index contributed by atoms with van der Waals surface area (Å²) < 4.78 is 0. The highest BCUT2D eigenvalue weighted by atomic mass is 15.3. The summed E-state index contributed by atoms with van der Waals surface area (Å²) in [6, 6.07) is 17.5. The number of hydrogen-bond acceptors (Lipinski definition) is 4. The van der Waals surface area contributed by atoms with E-state index in [1.165, 1.54) is 0 Å². The molecular weight excluding hydrogens is 250 g/mol. The van der Waals surface area contributed by atoms with Gasteiger partial charge < -0.3 is 5.73 Å². The van der Waals surface area contributed by atoms with E-state index in [0.717, 1.165) is 22.4 Å². The van der Waals surface area contributed by atoms with Crippen LogP contribution >= 0.6 is 0 Å². The van der Waals surface area contributed by atoms with Crippen LogP contribution in [0.1, 0.15) is 5.69 Å². The molecule has 3 rings (SSSR count). The van der Waals surface area contributed by atoms with Crippen molar-refractivity contribution in [2.45, 2.75) is 0 Å². The summed E-state index contributed by atoms with van der Waals surface area (Å²) in [5.41, 5.74) is 10.3. The van der Waals surface area contributed by atoms with Crippen LogP contribution in [0.15, 0.2) is 48.5 Å². The molecule has 0 radical (unpaired) electrons. The minimum absolute atomic E-state index is 0.293. The normalized spacial score (nSPS) is 10.2. The first-order valence-corrected chi connectivity index (χ1v) is 6.05. The summed E-state index contributed by atoms with van der Waals surface area (Å²) in [5.74, 6) is 0. The number of nitrogens with zero attached hydrogens (tertiary/aromatic N) is 3. The maximum absolute atomic E-state index is 8.95. The molecule has 3 aromatic rings. The van der Waals surface area contributed by atoms with E-state index in [0.29, 0.717) is 11.4 Å². The van der Waals surface area contributed by atoms with Gasteiger partial charge in [0.15, 0.2) is 5.69 Å². The van der Waals surface area contributed by atoms with Gasteiger partial charge in [-0.15, -0.1) is 5.10 Å². The topological polar surface area (TPSA) is 91.4 Å². The van der Waals surface area contributed by atoms with E-state index in [4.69, 9.17) is 11.0 Å². The third-order valence-electron chi connectivity index (χ3n) is 3.03. The molecule has 0 saturated carbocycles. The summed E-state index contributed by atoms with van der Waals surface area (Å²) in [7, 11) is 0. The van der Waals surface area contributed by atoms with Crippen LogP contribution in [0.25, 0.3) is 22.4 Å². The van der Waals surface area contributed by atoms with Gasteiger partial charge in [0, 0.05) is 11.3 Å². The Morgan fingerprint density at radius 1 is 0.950 bits per heavy atom. The molecule has 3 N–H and O–H groups in total. The highest BCUT2D eigenvalue weighted by molar-refractivity contribution is 5.72. The van der Waals surface area contributed by atoms with Gasteiger partial charge in [-0.25, -0.2) is 0 Å². The van der Waals surface area contributed by atoms with Crippen molar-refractivity contribution < 1.29 is 0 Å². The SMILES string of the molecule is N#Cc1n[nH]nc1-c1ccc(-c2cccc(N)c2)cc1. The first-order chi connectivity index (χ1) is 9.78. The molecule has 0 amide bonds. The van der Waals surface area contributed by atoms with E-state index in [1.807, 2.05) is 54.6 Å². The van der Waals surface area contributed by atoms with Gasteiger partial charge in [0.25, 0.3) is 0 Å². The molecule has 0 spiro atoms. The van der Waals surface area contributed by atoms with E-state index in [2.05, 4.69) is 15.4 Å². The quantitative estimate of drug-likeness (QED) is 0.693. The van der Waals surface area contributed by atoms with Gasteiger partial charge in [0.2, 0.25) is 0 Å². The van der Waals surface area contributed by atoms with Crippen molar-refractivity contribution in [1.29, 1.82) is 5.26 Å². The number of benzene rings is 2. The van der Waals surface area contributed by atoms with Gasteiger partial charge in [-0.1, -0.05) is 36.4 Å². The molecule has 2 aromatic carbocycles. The molecule has 5 nitrogen and oxygen atoms in total. The lowest BCUT2D eigenvalue weighted by Gasteiger charge is -2.04. The number of anilines is 1. The number of nitrogens with two attached hydrogens (primary N) is 1. The lowest BCUT2D eigenvalue weighted by atomic mass is 10.0. The highest BCUT2D eigenvalue weighted by Crippen LogP contribution is 2.25. The van der Waals surface area contributed by atoms with Crippen molar-refractivity contribution in [1.82, 2.24) is 15.4 Å². The van der Waals surface area contributed by atoms with Crippen LogP contribution in [0.5, 0.6) is 0 Å². The maximum atomic E-state index is 8.95. The molecule has 1 aromatic heterocycles. The van der Waals surface area contributed by atoms with E-state index >= 15 is 0 Å². The van der Waals surface area contributed by atoms with Gasteiger partial charge in [-0.05, 0) is 23.3 Å². The van der Waals surface area contributed by atoms with Crippen LogP contribution in [0.4, 0.5) is 5.69 Å². The lowest BCUT2D eigenvalue weighted by Crippen LogP contribution is -1.86. The first kappa shape index (κ1) is 11.9. The Balaban J connectivity index is 1.98. The van der Waals surface area contributed by atoms with Crippen molar-refractivity contribution >= 4 is 5.69 Å². The largest absolute Gasteiger partial charge is 0.399 e. The number of rotatable bonds is 2. The van der Waals surface area contributed by atoms with E-state index in [9.17, 15) is 0 Å². The standard InChI is InChI=1S/C15H11N5/c16-9-14-15(19-20-18-14)11-6-4-10(5-7-11)12-2-1-3-13(17)8-12/h1-8H,17H2,(H,18,19,20). The Kier molecular flexibility index (Phi) is 2.90. The molecule has 0 saturated heterocycles. The molecule has 1 heterocycles. The Morgan fingerprint density at radius 3 is 2.40 bits per heavy atom. The predicted molar refractivity (Wildman–Crippen MR) is 76.4 cm³/mol. The fraction of sp³-hybridized carbons (Fsp3) is 0. The van der Waals surface area contributed by atoms with E-state index in [-0.39, 0.29) is 0 Å². The predicted octanol–water partition coefficient (Wildman–Crippen LogP) is 2.59. The third-order valence-corrected chi connectivity index (χ3v) is 3.03. The van der Waals surface area contributed by atoms with Gasteiger partial charge >= 0.3 is 0 Å². The second-order valence-corrected chi connectivity index (χ2v) is 4.34. The molecule has 0 atom stereocenters. The van der Waals surface area contributed by atoms with Crippen LogP contribution in [0.3, 0.4) is 0 Å². The Labute approximate surface area is 115 Å². The number of aromatic amines is 1. The molecule has 0 aliphatic rings. The third kappa shape index (κ3) is 2.10. The van der Waals surface area contributed by atoms with Crippen LogP contribution in [-0.4, -0.2) is 15.4 Å². The van der Waals surface area contributed by atoms with Crippen LogP contribution in [-0.2, 0) is 0 Å². The smallest absolute Gasteiger partial charge is 0.190 e. The summed E-state index contributed by atoms with van der Waals surface area (Å²) in [4.78, 5) is 0. The fourth-order valence-corrected chi connectivity index (χ4v) is 2.05. The molecule has 0 aliphatic carbocycles. The van der Waals surface area contributed by atoms with Crippen molar-refractivity contribution in [3.63, 3.8) is 0 Å². The molecule has 0 unspecified atom stereocenters. The number of nitrogen functional groups attached to an aromatic ring is 1. The van der Waals surface area contributed by atoms with Crippen LogP contribution in [0, 0.1) is 11.3 Å². The van der Waals surface area contributed by atoms with Crippen LogP contribution in [0.2, 0.25) is 0 Å². The Hall–Kier alpha value is -3.13. The summed E-state index contributed by atoms with van der Waals surface area (Å²) >= 11 is 0. The molecule has 0 aliphatic heterocycles. The van der Waals surface area contributed by atoms with Crippen molar-refractivity contribution in [3.05, 3.63) is 54.2 Å². The zero-order chi connectivity index (χ0) is 13.9. The summed E-state index contributed by atoms with van der Waals surface area (Å²) in [6.45, 7) is 0. The Morgan fingerprint density at radius 2 is 1.70 bits per heavy atom. The molecule has 0 bridgehead atoms. The van der Waals surface area contributed by atoms with E-state index < -0.39 is 0 Å². The number of nitrogens with one attached hydrogen (secondary N) is 1. The van der Waals surface area contributed by atoms with Gasteiger partial charge in [0.05, 0.1) is 0 Å². The monoisotopic (exact) mass is 261 g/mol. The van der Waals surface area contributed by atoms with Crippen molar-refractivity contribution in [3.8, 4) is 28.5 Å². The number of aromatic nitrogens is 3. The van der Waals surface area contributed by atoms with E-state index in [1.54, 1.807) is 0 Å². The molecule has 0 fully saturated rings. The fourth-order valence-electron chi connectivity index (χ4n) is 2.05. The van der Waals surface area contributed by atoms with Gasteiger partial charge in [-0.2, -0.15) is 15.6 Å². The second-order valence-electron chi connectivity index (χ2n) is 4.34. The average molecular weight is 261 g/mol. The lowest BCUT2D eigenvalue weighted by molar-refractivity contribution is 0.937. The van der Waals surface area contributed by atoms with Crippen molar-refractivity contribution in [2.24, 2.45) is 0 Å². The van der Waals surface area contributed by atoms with Crippen LogP contribution < -0.4 is 5.73 Å². The minimum Gasteiger partial charge on any atom is -0.399 e. The van der Waals surface area contributed by atoms with Gasteiger partial charge in [-0.3, -0.25) is 0 Å². The molecule has 96 valence electrons. The molecule has 20 heavy (non-hydrogen) atoms. The zero-order valence-electron chi connectivity index (χ0n) is 10.5.